The third kappa shape index (κ3) is 4.81. The molecule has 126 valence electrons. The monoisotopic (exact) mass is 329 g/mol. The maximum atomic E-state index is 13.6. The Bertz CT molecular complexity index is 744. The van der Waals surface area contributed by atoms with Crippen LogP contribution in [0.5, 0.6) is 0 Å². The second-order valence-electron chi connectivity index (χ2n) is 5.61. The molecule has 0 bridgehead atoms. The second-order valence-corrected chi connectivity index (χ2v) is 5.61. The molecule has 0 spiro atoms. The zero-order chi connectivity index (χ0) is 17.7. The van der Waals surface area contributed by atoms with Gasteiger partial charge in [0.25, 0.3) is 0 Å². The van der Waals surface area contributed by atoms with Crippen molar-refractivity contribution in [2.45, 2.75) is 26.8 Å². The number of hydrogen-bond acceptors (Lipinski definition) is 2. The Kier molecular flexibility index (Phi) is 5.52. The van der Waals surface area contributed by atoms with Gasteiger partial charge in [0, 0.05) is 12.6 Å². The smallest absolute Gasteiger partial charge is 0.319 e. The van der Waals surface area contributed by atoms with Crippen LogP contribution < -0.4 is 16.0 Å². The Balaban J connectivity index is 2.01. The average molecular weight is 329 g/mol. The molecule has 2 aromatic rings. The summed E-state index contributed by atoms with van der Waals surface area (Å²) in [6.45, 7) is 5.16. The fourth-order valence-corrected chi connectivity index (χ4v) is 2.19. The van der Waals surface area contributed by atoms with Crippen LogP contribution in [0.25, 0.3) is 0 Å². The zero-order valence-electron chi connectivity index (χ0n) is 13.8. The summed E-state index contributed by atoms with van der Waals surface area (Å²) >= 11 is 0. The Morgan fingerprint density at radius 2 is 1.71 bits per heavy atom. The molecule has 2 rings (SSSR count). The van der Waals surface area contributed by atoms with Crippen molar-refractivity contribution < 1.29 is 14.0 Å². The van der Waals surface area contributed by atoms with Crippen LogP contribution in [-0.4, -0.2) is 11.9 Å². The number of carbonyl (C=O) groups is 2. The van der Waals surface area contributed by atoms with Gasteiger partial charge in [0.05, 0.1) is 11.7 Å². The maximum absolute atomic E-state index is 13.6. The summed E-state index contributed by atoms with van der Waals surface area (Å²) < 4.78 is 13.6. The number of anilines is 2. The van der Waals surface area contributed by atoms with Gasteiger partial charge >= 0.3 is 6.03 Å². The number of rotatable bonds is 4. The topological polar surface area (TPSA) is 70.2 Å². The van der Waals surface area contributed by atoms with Crippen molar-refractivity contribution in [2.75, 3.05) is 10.6 Å². The average Bonchev–Trinajstić information content (AvgIpc) is 2.50. The van der Waals surface area contributed by atoms with Gasteiger partial charge < -0.3 is 16.0 Å². The Hall–Kier alpha value is -2.89. The van der Waals surface area contributed by atoms with E-state index in [0.717, 1.165) is 11.1 Å². The van der Waals surface area contributed by atoms with Crippen LogP contribution in [0.15, 0.2) is 42.5 Å². The van der Waals surface area contributed by atoms with Gasteiger partial charge in [-0.3, -0.25) is 4.79 Å². The van der Waals surface area contributed by atoms with Crippen molar-refractivity contribution in [3.63, 3.8) is 0 Å². The van der Waals surface area contributed by atoms with Crippen molar-refractivity contribution in [3.8, 4) is 0 Å². The van der Waals surface area contributed by atoms with E-state index in [4.69, 9.17) is 0 Å². The molecule has 0 radical (unpaired) electrons. The number of nitrogens with one attached hydrogen (secondary N) is 3. The molecule has 5 nitrogen and oxygen atoms in total. The highest BCUT2D eigenvalue weighted by Crippen LogP contribution is 2.20. The Labute approximate surface area is 140 Å². The third-order valence-electron chi connectivity index (χ3n) is 3.46. The zero-order valence-corrected chi connectivity index (χ0v) is 13.8. The van der Waals surface area contributed by atoms with Gasteiger partial charge in [-0.25, -0.2) is 9.18 Å². The molecule has 2 aromatic carbocycles. The molecule has 6 heteroatoms. The first-order valence-electron chi connectivity index (χ1n) is 7.56. The lowest BCUT2D eigenvalue weighted by Gasteiger charge is -2.16. The molecule has 3 N–H and O–H groups in total. The lowest BCUT2D eigenvalue weighted by molar-refractivity contribution is -0.114. The summed E-state index contributed by atoms with van der Waals surface area (Å²) in [7, 11) is 0. The van der Waals surface area contributed by atoms with Crippen molar-refractivity contribution in [2.24, 2.45) is 0 Å². The SMILES string of the molecule is CC(=O)Nc1cc(NC(=O)NC(C)c2ccc(C)cc2)ccc1F. The van der Waals surface area contributed by atoms with Crippen LogP contribution in [0, 0.1) is 12.7 Å². The summed E-state index contributed by atoms with van der Waals surface area (Å²) in [5, 5.41) is 7.81. The molecule has 0 aromatic heterocycles. The first-order chi connectivity index (χ1) is 11.3. The van der Waals surface area contributed by atoms with Gasteiger partial charge in [0.1, 0.15) is 5.82 Å². The van der Waals surface area contributed by atoms with Crippen LogP contribution in [-0.2, 0) is 4.79 Å². The van der Waals surface area contributed by atoms with Crippen LogP contribution in [0.4, 0.5) is 20.6 Å². The van der Waals surface area contributed by atoms with Gasteiger partial charge in [0.2, 0.25) is 5.91 Å². The van der Waals surface area contributed by atoms with E-state index in [0.29, 0.717) is 5.69 Å². The highest BCUT2D eigenvalue weighted by atomic mass is 19.1. The van der Waals surface area contributed by atoms with Gasteiger partial charge in [-0.05, 0) is 37.6 Å². The molecule has 1 atom stereocenters. The second kappa shape index (κ2) is 7.59. The normalized spacial score (nSPS) is 11.5. The van der Waals surface area contributed by atoms with Gasteiger partial charge in [-0.2, -0.15) is 0 Å². The number of amides is 3. The van der Waals surface area contributed by atoms with E-state index < -0.39 is 11.8 Å². The minimum absolute atomic E-state index is 0.0203. The summed E-state index contributed by atoms with van der Waals surface area (Å²) in [4.78, 5) is 23.1. The maximum Gasteiger partial charge on any atom is 0.319 e. The summed E-state index contributed by atoms with van der Waals surface area (Å²) in [6, 6.07) is 11.2. The third-order valence-corrected chi connectivity index (χ3v) is 3.46. The molecule has 0 fully saturated rings. The number of hydrogen-bond donors (Lipinski definition) is 3. The molecule has 0 aliphatic rings. The quantitative estimate of drug-likeness (QED) is 0.794. The van der Waals surface area contributed by atoms with E-state index in [9.17, 15) is 14.0 Å². The summed E-state index contributed by atoms with van der Waals surface area (Å²) in [5.74, 6) is -0.951. The van der Waals surface area contributed by atoms with Crippen molar-refractivity contribution in [1.82, 2.24) is 5.32 Å². The van der Waals surface area contributed by atoms with Crippen molar-refractivity contribution in [1.29, 1.82) is 0 Å². The fraction of sp³-hybridized carbons (Fsp3) is 0.222. The first kappa shape index (κ1) is 17.5. The molecule has 0 aliphatic heterocycles. The van der Waals surface area contributed by atoms with Crippen LogP contribution in [0.2, 0.25) is 0 Å². The molecule has 0 heterocycles. The van der Waals surface area contributed by atoms with Crippen molar-refractivity contribution in [3.05, 3.63) is 59.4 Å². The number of aryl methyl sites for hydroxylation is 1. The summed E-state index contributed by atoms with van der Waals surface area (Å²) in [6.07, 6.45) is 0. The molecule has 0 saturated heterocycles. The standard InChI is InChI=1S/C18H20FN3O2/c1-11-4-6-14(7-5-11)12(2)20-18(24)22-15-8-9-16(19)17(10-15)21-13(3)23/h4-10,12H,1-3H3,(H,21,23)(H2,20,22,24). The van der Waals surface area contributed by atoms with Crippen LogP contribution in [0.3, 0.4) is 0 Å². The molecule has 24 heavy (non-hydrogen) atoms. The molecular weight excluding hydrogens is 309 g/mol. The summed E-state index contributed by atoms with van der Waals surface area (Å²) in [5.41, 5.74) is 2.53. The minimum Gasteiger partial charge on any atom is -0.331 e. The van der Waals surface area contributed by atoms with E-state index >= 15 is 0 Å². The first-order valence-corrected chi connectivity index (χ1v) is 7.56. The highest BCUT2D eigenvalue weighted by Gasteiger charge is 2.11. The largest absolute Gasteiger partial charge is 0.331 e. The molecule has 1 unspecified atom stereocenters. The Morgan fingerprint density at radius 3 is 2.33 bits per heavy atom. The van der Waals surface area contributed by atoms with Crippen LogP contribution in [0.1, 0.15) is 31.0 Å². The number of carbonyl (C=O) groups excluding carboxylic acids is 2. The molecule has 0 saturated carbocycles. The lowest BCUT2D eigenvalue weighted by atomic mass is 10.1. The van der Waals surface area contributed by atoms with Crippen LogP contribution >= 0.6 is 0 Å². The Morgan fingerprint density at radius 1 is 1.04 bits per heavy atom. The molecule has 3 amide bonds. The van der Waals surface area contributed by atoms with Gasteiger partial charge in [-0.15, -0.1) is 0 Å². The van der Waals surface area contributed by atoms with Crippen molar-refractivity contribution >= 4 is 23.3 Å². The number of urea groups is 1. The lowest BCUT2D eigenvalue weighted by Crippen LogP contribution is -2.31. The van der Waals surface area contributed by atoms with Gasteiger partial charge in [0.15, 0.2) is 0 Å². The van der Waals surface area contributed by atoms with E-state index in [1.165, 1.54) is 25.1 Å². The van der Waals surface area contributed by atoms with E-state index in [-0.39, 0.29) is 17.6 Å². The van der Waals surface area contributed by atoms with E-state index in [2.05, 4.69) is 16.0 Å². The number of benzene rings is 2. The van der Waals surface area contributed by atoms with E-state index in [1.54, 1.807) is 0 Å². The van der Waals surface area contributed by atoms with E-state index in [1.807, 2.05) is 38.1 Å². The number of halogens is 1. The molecular formula is C18H20FN3O2. The predicted molar refractivity (Wildman–Crippen MR) is 92.5 cm³/mol. The highest BCUT2D eigenvalue weighted by molar-refractivity contribution is 5.92. The minimum atomic E-state index is -0.566. The molecule has 0 aliphatic carbocycles. The fourth-order valence-electron chi connectivity index (χ4n) is 2.19. The predicted octanol–water partition coefficient (Wildman–Crippen LogP) is 3.98. The van der Waals surface area contributed by atoms with Gasteiger partial charge in [-0.1, -0.05) is 29.8 Å².